The van der Waals surface area contributed by atoms with Crippen LogP contribution >= 0.6 is 0 Å². The first kappa shape index (κ1) is 17.3. The first-order valence-electron chi connectivity index (χ1n) is 11.1. The maximum atomic E-state index is 13.5. The van der Waals surface area contributed by atoms with Gasteiger partial charge in [0.25, 0.3) is 5.91 Å². The fourth-order valence-corrected chi connectivity index (χ4v) is 5.47. The summed E-state index contributed by atoms with van der Waals surface area (Å²) in [4.78, 5) is 20.2. The number of hydrogen-bond donors (Lipinski definition) is 1. The highest BCUT2D eigenvalue weighted by molar-refractivity contribution is 6.05. The Kier molecular flexibility index (Phi) is 3.84. The molecule has 0 unspecified atom stereocenters. The molecular weight excluding hydrogens is 358 g/mol. The van der Waals surface area contributed by atoms with E-state index in [1.165, 1.54) is 36.9 Å². The molecular formula is C25H27N3O. The standard InChI is InChI=1S/C25H27N3O/c1-15(19-12-13-26-21-6-3-5-20(19)21)27-22-7-2-4-18-14-28(25(29)23(18)22)24(16-8-9-16)17-10-11-17/h2,4,7,12-13,16-17,24,27H,1,3,5-6,8-11,14H2. The lowest BCUT2D eigenvalue weighted by Crippen LogP contribution is -2.38. The zero-order valence-electron chi connectivity index (χ0n) is 16.8. The van der Waals surface area contributed by atoms with Crippen molar-refractivity contribution in [2.45, 2.75) is 57.5 Å². The maximum absolute atomic E-state index is 13.5. The Bertz CT molecular complexity index is 1010. The number of carbonyl (C=O) groups is 1. The van der Waals surface area contributed by atoms with Gasteiger partial charge in [0.1, 0.15) is 0 Å². The third kappa shape index (κ3) is 2.88. The van der Waals surface area contributed by atoms with Crippen LogP contribution < -0.4 is 5.32 Å². The van der Waals surface area contributed by atoms with Crippen molar-refractivity contribution >= 4 is 17.3 Å². The van der Waals surface area contributed by atoms with Gasteiger partial charge < -0.3 is 10.2 Å². The van der Waals surface area contributed by atoms with Crippen LogP contribution in [0, 0.1) is 11.8 Å². The van der Waals surface area contributed by atoms with Crippen LogP contribution in [0.4, 0.5) is 5.69 Å². The van der Waals surface area contributed by atoms with Crippen LogP contribution in [0.25, 0.3) is 5.70 Å². The van der Waals surface area contributed by atoms with Crippen LogP contribution in [0.2, 0.25) is 0 Å². The molecule has 29 heavy (non-hydrogen) atoms. The molecule has 4 nitrogen and oxygen atoms in total. The summed E-state index contributed by atoms with van der Waals surface area (Å²) in [5.41, 5.74) is 7.42. The molecule has 2 fully saturated rings. The summed E-state index contributed by atoms with van der Waals surface area (Å²) in [7, 11) is 0. The molecule has 0 atom stereocenters. The highest BCUT2D eigenvalue weighted by atomic mass is 16.2. The monoisotopic (exact) mass is 385 g/mol. The molecule has 0 bridgehead atoms. The number of fused-ring (bicyclic) bond motifs is 2. The van der Waals surface area contributed by atoms with E-state index in [2.05, 4.69) is 33.9 Å². The van der Waals surface area contributed by atoms with Crippen molar-refractivity contribution in [3.63, 3.8) is 0 Å². The lowest BCUT2D eigenvalue weighted by Gasteiger charge is -2.28. The molecule has 4 aliphatic rings. The van der Waals surface area contributed by atoms with Crippen LogP contribution in [0.15, 0.2) is 37.0 Å². The van der Waals surface area contributed by atoms with Crippen LogP contribution in [0.1, 0.15) is 64.8 Å². The van der Waals surface area contributed by atoms with Gasteiger partial charge >= 0.3 is 0 Å². The number of nitrogens with one attached hydrogen (secondary N) is 1. The smallest absolute Gasteiger partial charge is 0.256 e. The summed E-state index contributed by atoms with van der Waals surface area (Å²) >= 11 is 0. The van der Waals surface area contributed by atoms with Crippen molar-refractivity contribution in [3.8, 4) is 0 Å². The first-order valence-corrected chi connectivity index (χ1v) is 11.1. The molecule has 2 heterocycles. The Morgan fingerprint density at radius 1 is 1.14 bits per heavy atom. The van der Waals surface area contributed by atoms with Crippen molar-refractivity contribution in [1.82, 2.24) is 9.88 Å². The number of amides is 1. The van der Waals surface area contributed by atoms with Crippen molar-refractivity contribution in [1.29, 1.82) is 0 Å². The normalized spacial score (nSPS) is 20.2. The summed E-state index contributed by atoms with van der Waals surface area (Å²) in [6.07, 6.45) is 10.3. The van der Waals surface area contributed by atoms with E-state index in [4.69, 9.17) is 0 Å². The Balaban J connectivity index is 1.29. The van der Waals surface area contributed by atoms with E-state index in [0.29, 0.717) is 6.04 Å². The first-order chi connectivity index (χ1) is 14.2. The summed E-state index contributed by atoms with van der Waals surface area (Å²) in [5, 5.41) is 3.50. The van der Waals surface area contributed by atoms with Crippen LogP contribution in [-0.2, 0) is 19.4 Å². The number of hydrogen-bond acceptors (Lipinski definition) is 3. The molecule has 1 aliphatic heterocycles. The lowest BCUT2D eigenvalue weighted by molar-refractivity contribution is 0.0653. The van der Waals surface area contributed by atoms with Gasteiger partial charge in [0, 0.05) is 35.7 Å². The van der Waals surface area contributed by atoms with Gasteiger partial charge in [0.05, 0.1) is 11.3 Å². The van der Waals surface area contributed by atoms with E-state index in [1.54, 1.807) is 0 Å². The van der Waals surface area contributed by atoms with Gasteiger partial charge in [-0.05, 0) is 80.0 Å². The Morgan fingerprint density at radius 3 is 2.69 bits per heavy atom. The van der Waals surface area contributed by atoms with Crippen molar-refractivity contribution in [2.24, 2.45) is 11.8 Å². The number of rotatable bonds is 6. The summed E-state index contributed by atoms with van der Waals surface area (Å²) in [5.74, 6) is 1.66. The predicted octanol–water partition coefficient (Wildman–Crippen LogP) is 4.80. The summed E-state index contributed by atoms with van der Waals surface area (Å²) < 4.78 is 0. The van der Waals surface area contributed by atoms with Crippen molar-refractivity contribution in [2.75, 3.05) is 5.32 Å². The molecule has 148 valence electrons. The quantitative estimate of drug-likeness (QED) is 0.777. The SMILES string of the molecule is C=C(Nc1cccc2c1C(=O)N(C(C1CC1)C1CC1)C2)c1ccnc2c1CCC2. The molecule has 2 aromatic rings. The lowest BCUT2D eigenvalue weighted by atomic mass is 10.0. The summed E-state index contributed by atoms with van der Waals surface area (Å²) in [6.45, 7) is 5.08. The molecule has 4 heteroatoms. The second-order valence-electron chi connectivity index (χ2n) is 9.18. The van der Waals surface area contributed by atoms with Gasteiger partial charge in [-0.3, -0.25) is 9.78 Å². The largest absolute Gasteiger partial charge is 0.355 e. The molecule has 1 aromatic heterocycles. The van der Waals surface area contributed by atoms with E-state index in [1.807, 2.05) is 18.3 Å². The average molecular weight is 386 g/mol. The summed E-state index contributed by atoms with van der Waals surface area (Å²) in [6, 6.07) is 8.70. The van der Waals surface area contributed by atoms with Gasteiger partial charge in [-0.15, -0.1) is 0 Å². The average Bonchev–Trinajstić information content (AvgIpc) is 3.65. The highest BCUT2D eigenvalue weighted by Gasteiger charge is 2.48. The molecule has 1 N–H and O–H groups in total. The Hall–Kier alpha value is -2.62. The van der Waals surface area contributed by atoms with Crippen molar-refractivity contribution in [3.05, 3.63) is 65.0 Å². The third-order valence-electron chi connectivity index (χ3n) is 7.13. The second-order valence-corrected chi connectivity index (χ2v) is 9.18. The zero-order valence-corrected chi connectivity index (χ0v) is 16.8. The number of anilines is 1. The van der Waals surface area contributed by atoms with Gasteiger partial charge in [0.15, 0.2) is 0 Å². The van der Waals surface area contributed by atoms with Gasteiger partial charge in [-0.2, -0.15) is 0 Å². The van der Waals surface area contributed by atoms with Gasteiger partial charge in [-0.1, -0.05) is 18.7 Å². The minimum atomic E-state index is 0.208. The van der Waals surface area contributed by atoms with Crippen LogP contribution in [-0.4, -0.2) is 21.8 Å². The van der Waals surface area contributed by atoms with E-state index < -0.39 is 0 Å². The Morgan fingerprint density at radius 2 is 1.93 bits per heavy atom. The number of benzene rings is 1. The van der Waals surface area contributed by atoms with Gasteiger partial charge in [-0.25, -0.2) is 0 Å². The second kappa shape index (κ2) is 6.45. The van der Waals surface area contributed by atoms with Crippen molar-refractivity contribution < 1.29 is 4.79 Å². The molecule has 1 amide bonds. The van der Waals surface area contributed by atoms with E-state index in [0.717, 1.165) is 65.7 Å². The molecule has 2 saturated carbocycles. The number of carbonyl (C=O) groups excluding carboxylic acids is 1. The van der Waals surface area contributed by atoms with Crippen LogP contribution in [0.5, 0.6) is 0 Å². The number of nitrogens with zero attached hydrogens (tertiary/aromatic N) is 2. The molecule has 0 saturated heterocycles. The molecule has 3 aliphatic carbocycles. The number of aryl methyl sites for hydroxylation is 1. The number of pyridine rings is 1. The molecule has 0 spiro atoms. The fourth-order valence-electron chi connectivity index (χ4n) is 5.47. The highest BCUT2D eigenvalue weighted by Crippen LogP contribution is 2.49. The molecule has 6 rings (SSSR count). The fraction of sp³-hybridized carbons (Fsp3) is 0.440. The topological polar surface area (TPSA) is 45.2 Å². The zero-order chi connectivity index (χ0) is 19.5. The predicted molar refractivity (Wildman–Crippen MR) is 114 cm³/mol. The van der Waals surface area contributed by atoms with Gasteiger partial charge in [0.2, 0.25) is 0 Å². The van der Waals surface area contributed by atoms with E-state index in [-0.39, 0.29) is 5.91 Å². The molecule has 1 aromatic carbocycles. The minimum Gasteiger partial charge on any atom is -0.355 e. The van der Waals surface area contributed by atoms with E-state index >= 15 is 0 Å². The third-order valence-corrected chi connectivity index (χ3v) is 7.13. The molecule has 0 radical (unpaired) electrons. The minimum absolute atomic E-state index is 0.208. The van der Waals surface area contributed by atoms with Crippen LogP contribution in [0.3, 0.4) is 0 Å². The number of aromatic nitrogens is 1. The van der Waals surface area contributed by atoms with E-state index in [9.17, 15) is 4.79 Å². The Labute approximate surface area is 172 Å². The maximum Gasteiger partial charge on any atom is 0.256 e.